The number of carbonyl (C=O) groups excluding carboxylic acids is 2. The van der Waals surface area contributed by atoms with Gasteiger partial charge in [-0.3, -0.25) is 9.59 Å². The second-order valence-corrected chi connectivity index (χ2v) is 11.4. The number of aromatic nitrogens is 1. The summed E-state index contributed by atoms with van der Waals surface area (Å²) in [7, 11) is 0. The van der Waals surface area contributed by atoms with Crippen LogP contribution in [0.5, 0.6) is 11.5 Å². The molecule has 2 amide bonds. The lowest BCUT2D eigenvalue weighted by molar-refractivity contribution is -0.166. The molecule has 2 aliphatic heterocycles. The van der Waals surface area contributed by atoms with Crippen LogP contribution in [0.3, 0.4) is 0 Å². The van der Waals surface area contributed by atoms with Gasteiger partial charge in [0.1, 0.15) is 0 Å². The number of H-pyrrole nitrogens is 1. The van der Waals surface area contributed by atoms with Crippen LogP contribution in [-0.2, 0) is 21.5 Å². The van der Waals surface area contributed by atoms with Gasteiger partial charge in [-0.2, -0.15) is 0 Å². The summed E-state index contributed by atoms with van der Waals surface area (Å²) in [5.74, 6) is 1.23. The van der Waals surface area contributed by atoms with Gasteiger partial charge in [0.2, 0.25) is 5.91 Å². The molecule has 2 aliphatic rings. The van der Waals surface area contributed by atoms with Crippen molar-refractivity contribution in [2.45, 2.75) is 51.5 Å². The van der Waals surface area contributed by atoms with Crippen molar-refractivity contribution in [3.63, 3.8) is 0 Å². The largest absolute Gasteiger partial charge is 0.490 e. The number of hydrogen-bond donors (Lipinski definition) is 1. The first-order valence-corrected chi connectivity index (χ1v) is 15.1. The van der Waals surface area contributed by atoms with Gasteiger partial charge in [0, 0.05) is 29.9 Å². The molecule has 1 N–H and O–H groups in total. The number of nitrogens with one attached hydrogen (secondary N) is 1. The van der Waals surface area contributed by atoms with Crippen LogP contribution in [0.2, 0.25) is 0 Å². The van der Waals surface area contributed by atoms with Crippen LogP contribution >= 0.6 is 0 Å². The minimum Gasteiger partial charge on any atom is -0.490 e. The molecule has 4 aromatic rings. The Morgan fingerprint density at radius 2 is 1.74 bits per heavy atom. The first kappa shape index (κ1) is 27.9. The van der Waals surface area contributed by atoms with Crippen molar-refractivity contribution in [1.82, 2.24) is 14.8 Å². The Morgan fingerprint density at radius 3 is 2.52 bits per heavy atom. The maximum absolute atomic E-state index is 14.3. The van der Waals surface area contributed by atoms with Crippen molar-refractivity contribution in [1.29, 1.82) is 0 Å². The van der Waals surface area contributed by atoms with Crippen molar-refractivity contribution in [2.24, 2.45) is 0 Å². The van der Waals surface area contributed by atoms with Crippen molar-refractivity contribution in [3.8, 4) is 11.5 Å². The zero-order chi connectivity index (χ0) is 29.3. The molecule has 7 heteroatoms. The molecule has 0 spiro atoms. The van der Waals surface area contributed by atoms with Gasteiger partial charge in [0.15, 0.2) is 17.0 Å². The average Bonchev–Trinajstić information content (AvgIpc) is 3.41. The van der Waals surface area contributed by atoms with E-state index in [0.29, 0.717) is 32.1 Å². The van der Waals surface area contributed by atoms with Crippen LogP contribution in [0.25, 0.3) is 10.9 Å². The van der Waals surface area contributed by atoms with Crippen molar-refractivity contribution >= 4 is 22.7 Å². The number of benzene rings is 3. The third-order valence-electron chi connectivity index (χ3n) is 8.69. The molecule has 3 heterocycles. The number of piperazine rings is 1. The smallest absolute Gasteiger partial charge is 0.254 e. The summed E-state index contributed by atoms with van der Waals surface area (Å²) in [6.45, 7) is 8.13. The molecule has 3 aromatic carbocycles. The Balaban J connectivity index is 1.39. The van der Waals surface area contributed by atoms with Crippen LogP contribution in [-0.4, -0.2) is 59.4 Å². The van der Waals surface area contributed by atoms with E-state index in [1.165, 1.54) is 5.56 Å². The van der Waals surface area contributed by atoms with E-state index in [0.717, 1.165) is 52.7 Å². The van der Waals surface area contributed by atoms with Crippen LogP contribution < -0.4 is 9.47 Å². The quantitative estimate of drug-likeness (QED) is 0.255. The van der Waals surface area contributed by atoms with E-state index in [1.807, 2.05) is 62.4 Å². The highest BCUT2D eigenvalue weighted by molar-refractivity contribution is 6.01. The van der Waals surface area contributed by atoms with E-state index in [9.17, 15) is 9.59 Å². The highest BCUT2D eigenvalue weighted by Gasteiger charge is 2.56. The number of fused-ring (bicyclic) bond motifs is 5. The number of para-hydroxylation sites is 1. The van der Waals surface area contributed by atoms with Gasteiger partial charge in [-0.1, -0.05) is 61.5 Å². The van der Waals surface area contributed by atoms with Gasteiger partial charge in [0.05, 0.1) is 25.5 Å². The summed E-state index contributed by atoms with van der Waals surface area (Å²) in [5, 5.41) is 1.07. The number of rotatable bonds is 10. The number of nitrogens with zero attached hydrogens (tertiary/aromatic N) is 2. The molecule has 1 fully saturated rings. The Kier molecular flexibility index (Phi) is 7.67. The summed E-state index contributed by atoms with van der Waals surface area (Å²) in [6, 6.07) is 24.5. The van der Waals surface area contributed by atoms with Gasteiger partial charge < -0.3 is 24.3 Å². The van der Waals surface area contributed by atoms with Crippen LogP contribution in [0.4, 0.5) is 0 Å². The first-order valence-electron chi connectivity index (χ1n) is 15.1. The monoisotopic (exact) mass is 565 g/mol. The van der Waals surface area contributed by atoms with Gasteiger partial charge in [0.25, 0.3) is 5.91 Å². The molecule has 0 saturated carbocycles. The third kappa shape index (κ3) is 4.81. The standard InChI is InChI=1S/C35H39N3O4/c1-4-20-42-29-18-17-25(21-30(29)41-5-2)27-22-38-31(39)23-37(19-11-14-24-12-7-6-8-13-24)34(40)35(38,3)33-32(27)26-15-9-10-16-28(26)36-33/h6-10,12-13,15-18,21,27,36H,4-5,11,14,19-20,22-23H2,1-3H3. The lowest BCUT2D eigenvalue weighted by Crippen LogP contribution is -2.67. The fourth-order valence-corrected chi connectivity index (χ4v) is 6.62. The molecule has 2 unspecified atom stereocenters. The molecule has 1 saturated heterocycles. The average molecular weight is 566 g/mol. The van der Waals surface area contributed by atoms with Gasteiger partial charge in [-0.05, 0) is 68.0 Å². The molecule has 7 nitrogen and oxygen atoms in total. The number of amides is 2. The van der Waals surface area contributed by atoms with E-state index in [-0.39, 0.29) is 24.3 Å². The molecule has 0 radical (unpaired) electrons. The zero-order valence-electron chi connectivity index (χ0n) is 24.7. The van der Waals surface area contributed by atoms with Crippen LogP contribution in [0.15, 0.2) is 72.8 Å². The summed E-state index contributed by atoms with van der Waals surface area (Å²) in [6.07, 6.45) is 2.56. The fraction of sp³-hybridized carbons (Fsp3) is 0.371. The molecule has 0 bridgehead atoms. The molecule has 6 rings (SSSR count). The maximum Gasteiger partial charge on any atom is 0.254 e. The van der Waals surface area contributed by atoms with Gasteiger partial charge >= 0.3 is 0 Å². The SMILES string of the molecule is CCCOc1ccc(C2CN3C(=O)CN(CCCc4ccccc4)C(=O)C3(C)c3[nH]c4ccccc4c32)cc1OCC. The number of hydrogen-bond acceptors (Lipinski definition) is 4. The van der Waals surface area contributed by atoms with E-state index in [2.05, 4.69) is 36.2 Å². The van der Waals surface area contributed by atoms with Crippen molar-refractivity contribution in [3.05, 3.63) is 95.2 Å². The summed E-state index contributed by atoms with van der Waals surface area (Å²) in [5.41, 5.74) is 3.99. The zero-order valence-corrected chi connectivity index (χ0v) is 24.7. The number of aryl methyl sites for hydroxylation is 1. The Morgan fingerprint density at radius 1 is 0.952 bits per heavy atom. The highest BCUT2D eigenvalue weighted by atomic mass is 16.5. The minimum absolute atomic E-state index is 0.0280. The van der Waals surface area contributed by atoms with Gasteiger partial charge in [-0.15, -0.1) is 0 Å². The summed E-state index contributed by atoms with van der Waals surface area (Å²) in [4.78, 5) is 35.3. The molecular weight excluding hydrogens is 526 g/mol. The Bertz CT molecular complexity index is 1600. The third-order valence-corrected chi connectivity index (χ3v) is 8.69. The molecule has 42 heavy (non-hydrogen) atoms. The van der Waals surface area contributed by atoms with Crippen molar-refractivity contribution in [2.75, 3.05) is 32.8 Å². The topological polar surface area (TPSA) is 74.9 Å². The lowest BCUT2D eigenvalue weighted by atomic mass is 9.76. The normalized spacial score (nSPS) is 20.0. The van der Waals surface area contributed by atoms with Gasteiger partial charge in [-0.25, -0.2) is 0 Å². The molecule has 0 aliphatic carbocycles. The Hall–Kier alpha value is -4.26. The van der Waals surface area contributed by atoms with Crippen molar-refractivity contribution < 1.29 is 19.1 Å². The minimum atomic E-state index is -1.11. The maximum atomic E-state index is 14.3. The Labute approximate surface area is 247 Å². The summed E-state index contributed by atoms with van der Waals surface area (Å²) < 4.78 is 12.0. The van der Waals surface area contributed by atoms with E-state index >= 15 is 0 Å². The second kappa shape index (κ2) is 11.6. The molecule has 1 aromatic heterocycles. The van der Waals surface area contributed by atoms with E-state index < -0.39 is 5.54 Å². The number of aromatic amines is 1. The number of carbonyl (C=O) groups is 2. The van der Waals surface area contributed by atoms with Crippen LogP contribution in [0.1, 0.15) is 61.9 Å². The second-order valence-electron chi connectivity index (χ2n) is 11.4. The first-order chi connectivity index (χ1) is 20.5. The molecule has 2 atom stereocenters. The molecular formula is C35H39N3O4. The molecule has 218 valence electrons. The summed E-state index contributed by atoms with van der Waals surface area (Å²) >= 11 is 0. The highest BCUT2D eigenvalue weighted by Crippen LogP contribution is 2.49. The predicted molar refractivity (Wildman–Crippen MR) is 164 cm³/mol. The van der Waals surface area contributed by atoms with Crippen LogP contribution in [0, 0.1) is 0 Å². The lowest BCUT2D eigenvalue weighted by Gasteiger charge is -2.51. The predicted octanol–water partition coefficient (Wildman–Crippen LogP) is 6.02. The fourth-order valence-electron chi connectivity index (χ4n) is 6.62. The number of ether oxygens (including phenoxy) is 2. The van der Waals surface area contributed by atoms with E-state index in [1.54, 1.807) is 9.80 Å². The van der Waals surface area contributed by atoms with E-state index in [4.69, 9.17) is 9.47 Å².